The van der Waals surface area contributed by atoms with Crippen molar-refractivity contribution in [3.05, 3.63) is 29.8 Å². The van der Waals surface area contributed by atoms with Gasteiger partial charge >= 0.3 is 6.18 Å². The molecule has 0 amide bonds. The first-order valence-corrected chi connectivity index (χ1v) is 10.1. The molecule has 0 fully saturated rings. The Morgan fingerprint density at radius 1 is 1.18 bits per heavy atom. The smallest absolute Gasteiger partial charge is 0.357 e. The van der Waals surface area contributed by atoms with Crippen LogP contribution in [0.3, 0.4) is 0 Å². The van der Waals surface area contributed by atoms with Crippen LogP contribution in [0.5, 0.6) is 0 Å². The number of sulfonamides is 1. The first kappa shape index (κ1) is 26.9. The highest BCUT2D eigenvalue weighted by atomic mass is 127. The average Bonchev–Trinajstić information content (AvgIpc) is 2.58. The second-order valence-electron chi connectivity index (χ2n) is 6.25. The highest BCUT2D eigenvalue weighted by molar-refractivity contribution is 14.0. The Morgan fingerprint density at radius 2 is 1.75 bits per heavy atom. The summed E-state index contributed by atoms with van der Waals surface area (Å²) in [4.78, 5) is 4.41. The lowest BCUT2D eigenvalue weighted by molar-refractivity contribution is -0.132. The fraction of sp³-hybridized carbons (Fsp3) is 0.588. The van der Waals surface area contributed by atoms with Crippen LogP contribution in [0.1, 0.15) is 32.8 Å². The molecular formula is C17H28F3IN4O2S. The van der Waals surface area contributed by atoms with E-state index in [0.717, 1.165) is 5.56 Å². The van der Waals surface area contributed by atoms with E-state index in [-0.39, 0.29) is 54.0 Å². The Bertz CT molecular complexity index is 723. The monoisotopic (exact) mass is 536 g/mol. The quantitative estimate of drug-likeness (QED) is 0.304. The number of hydrogen-bond acceptors (Lipinski definition) is 3. The minimum absolute atomic E-state index is 0. The van der Waals surface area contributed by atoms with Crippen LogP contribution in [0.15, 0.2) is 34.2 Å². The summed E-state index contributed by atoms with van der Waals surface area (Å²) in [7, 11) is -2.03. The first-order chi connectivity index (χ1) is 12.5. The van der Waals surface area contributed by atoms with Gasteiger partial charge in [-0.3, -0.25) is 0 Å². The molecule has 0 radical (unpaired) electrons. The number of rotatable bonds is 8. The second-order valence-corrected chi connectivity index (χ2v) is 8.24. The Balaban J connectivity index is 0.00000729. The fourth-order valence-corrected chi connectivity index (χ4v) is 3.41. The van der Waals surface area contributed by atoms with E-state index in [4.69, 9.17) is 0 Å². The summed E-state index contributed by atoms with van der Waals surface area (Å²) in [5, 5.41) is 5.50. The van der Waals surface area contributed by atoms with Gasteiger partial charge in [0.2, 0.25) is 10.0 Å². The van der Waals surface area contributed by atoms with Crippen LogP contribution in [-0.2, 0) is 16.6 Å². The summed E-state index contributed by atoms with van der Waals surface area (Å²) < 4.78 is 62.8. The number of nitrogens with zero attached hydrogens (tertiary/aromatic N) is 2. The summed E-state index contributed by atoms with van der Waals surface area (Å²) in [6.45, 7) is 5.83. The maximum Gasteiger partial charge on any atom is 0.390 e. The molecular weight excluding hydrogens is 508 g/mol. The number of aliphatic imine (C=N–C) groups is 1. The van der Waals surface area contributed by atoms with Crippen molar-refractivity contribution in [3.8, 4) is 0 Å². The van der Waals surface area contributed by atoms with Crippen LogP contribution in [0.4, 0.5) is 13.2 Å². The highest BCUT2D eigenvalue weighted by Crippen LogP contribution is 2.18. The van der Waals surface area contributed by atoms with Crippen LogP contribution in [-0.4, -0.2) is 51.0 Å². The topological polar surface area (TPSA) is 73.8 Å². The lowest BCUT2D eigenvalue weighted by Gasteiger charge is -2.21. The molecule has 0 atom stereocenters. The van der Waals surface area contributed by atoms with Gasteiger partial charge in [-0.2, -0.15) is 17.5 Å². The maximum absolute atomic E-state index is 12.4. The molecule has 0 heterocycles. The minimum atomic E-state index is -4.23. The Morgan fingerprint density at radius 3 is 2.21 bits per heavy atom. The third-order valence-corrected chi connectivity index (χ3v) is 5.84. The van der Waals surface area contributed by atoms with Crippen LogP contribution >= 0.6 is 24.0 Å². The molecule has 0 saturated heterocycles. The first-order valence-electron chi connectivity index (χ1n) is 8.63. The molecule has 2 N–H and O–H groups in total. The largest absolute Gasteiger partial charge is 0.390 e. The predicted octanol–water partition coefficient (Wildman–Crippen LogP) is 3.34. The molecule has 1 aromatic rings. The highest BCUT2D eigenvalue weighted by Gasteiger charge is 2.26. The van der Waals surface area contributed by atoms with Crippen molar-refractivity contribution < 1.29 is 21.6 Å². The van der Waals surface area contributed by atoms with Crippen LogP contribution < -0.4 is 10.6 Å². The molecule has 0 aliphatic heterocycles. The van der Waals surface area contributed by atoms with E-state index in [2.05, 4.69) is 15.6 Å². The lowest BCUT2D eigenvalue weighted by atomic mass is 10.2. The third kappa shape index (κ3) is 8.95. The van der Waals surface area contributed by atoms with Crippen molar-refractivity contribution in [3.63, 3.8) is 0 Å². The van der Waals surface area contributed by atoms with E-state index in [0.29, 0.717) is 6.54 Å². The summed E-state index contributed by atoms with van der Waals surface area (Å²) in [6.07, 6.45) is -5.18. The number of alkyl halides is 3. The number of guanidine groups is 1. The third-order valence-electron chi connectivity index (χ3n) is 3.79. The van der Waals surface area contributed by atoms with Gasteiger partial charge in [0, 0.05) is 26.2 Å². The van der Waals surface area contributed by atoms with E-state index < -0.39 is 22.6 Å². The van der Waals surface area contributed by atoms with Gasteiger partial charge in [0.25, 0.3) is 0 Å². The molecule has 0 aliphatic rings. The minimum Gasteiger partial charge on any atom is -0.357 e. The molecule has 1 aromatic carbocycles. The maximum atomic E-state index is 12.4. The van der Waals surface area contributed by atoms with Crippen molar-refractivity contribution >= 4 is 40.0 Å². The van der Waals surface area contributed by atoms with Crippen molar-refractivity contribution in [1.82, 2.24) is 14.9 Å². The molecule has 162 valence electrons. The zero-order chi connectivity index (χ0) is 20.7. The summed E-state index contributed by atoms with van der Waals surface area (Å²) in [5.74, 6) is 0.276. The molecule has 0 saturated carbocycles. The number of nitrogens with one attached hydrogen (secondary N) is 2. The fourth-order valence-electron chi connectivity index (χ4n) is 2.05. The summed E-state index contributed by atoms with van der Waals surface area (Å²) >= 11 is 0. The van der Waals surface area contributed by atoms with Crippen molar-refractivity contribution in [2.24, 2.45) is 4.99 Å². The van der Waals surface area contributed by atoms with Gasteiger partial charge in [-0.05, 0) is 38.5 Å². The van der Waals surface area contributed by atoms with Gasteiger partial charge < -0.3 is 10.6 Å². The lowest BCUT2D eigenvalue weighted by Crippen LogP contribution is -2.38. The van der Waals surface area contributed by atoms with Crippen LogP contribution in [0, 0.1) is 0 Å². The Kier molecular flexibility index (Phi) is 11.4. The Labute approximate surface area is 182 Å². The average molecular weight is 536 g/mol. The van der Waals surface area contributed by atoms with Crippen molar-refractivity contribution in [1.29, 1.82) is 0 Å². The second kappa shape index (κ2) is 11.8. The standard InChI is InChI=1S/C17H27F3N4O2S.HI/c1-5-21-16(22-11-10-17(18,19)20)23-12-14-6-8-15(9-7-14)27(25,26)24(4)13(2)3;/h6-9,13H,5,10-12H2,1-4H3,(H2,21,22,23);1H. The van der Waals surface area contributed by atoms with Crippen LogP contribution in [0.25, 0.3) is 0 Å². The SMILES string of the molecule is CCNC(=NCc1ccc(S(=O)(=O)N(C)C(C)C)cc1)NCCC(F)(F)F.I. The van der Waals surface area contributed by atoms with Crippen molar-refractivity contribution in [2.45, 2.75) is 50.9 Å². The summed E-state index contributed by atoms with van der Waals surface area (Å²) in [6, 6.07) is 6.13. The van der Waals surface area contributed by atoms with E-state index in [1.807, 2.05) is 6.92 Å². The Hall–Kier alpha value is -1.08. The molecule has 28 heavy (non-hydrogen) atoms. The zero-order valence-corrected chi connectivity index (χ0v) is 19.5. The molecule has 1 rings (SSSR count). The molecule has 0 unspecified atom stereocenters. The molecule has 0 bridgehead atoms. The summed E-state index contributed by atoms with van der Waals surface area (Å²) in [5.41, 5.74) is 0.745. The van der Waals surface area contributed by atoms with E-state index >= 15 is 0 Å². The molecule has 0 aliphatic carbocycles. The molecule has 6 nitrogen and oxygen atoms in total. The van der Waals surface area contributed by atoms with E-state index in [9.17, 15) is 21.6 Å². The number of benzene rings is 1. The van der Waals surface area contributed by atoms with Gasteiger partial charge in [0.05, 0.1) is 17.9 Å². The van der Waals surface area contributed by atoms with Crippen LogP contribution in [0.2, 0.25) is 0 Å². The van der Waals surface area contributed by atoms with E-state index in [1.165, 1.54) is 23.5 Å². The predicted molar refractivity (Wildman–Crippen MR) is 115 cm³/mol. The van der Waals surface area contributed by atoms with Gasteiger partial charge in [0.15, 0.2) is 5.96 Å². The van der Waals surface area contributed by atoms with Gasteiger partial charge in [-0.15, -0.1) is 24.0 Å². The van der Waals surface area contributed by atoms with Gasteiger partial charge in [-0.1, -0.05) is 12.1 Å². The van der Waals surface area contributed by atoms with Gasteiger partial charge in [-0.25, -0.2) is 13.4 Å². The molecule has 11 heteroatoms. The van der Waals surface area contributed by atoms with Gasteiger partial charge in [0.1, 0.15) is 0 Å². The zero-order valence-electron chi connectivity index (χ0n) is 16.4. The molecule has 0 spiro atoms. The normalized spacial score (nSPS) is 12.8. The number of hydrogen-bond donors (Lipinski definition) is 2. The molecule has 0 aromatic heterocycles. The number of halogens is 4. The van der Waals surface area contributed by atoms with Crippen molar-refractivity contribution in [2.75, 3.05) is 20.1 Å². The van der Waals surface area contributed by atoms with E-state index in [1.54, 1.807) is 26.0 Å².